The Kier molecular flexibility index (Phi) is 4.86. The van der Waals surface area contributed by atoms with Gasteiger partial charge in [0.15, 0.2) is 0 Å². The largest absolute Gasteiger partial charge is 0.469 e. The van der Waals surface area contributed by atoms with Crippen molar-refractivity contribution in [3.63, 3.8) is 0 Å². The fourth-order valence-corrected chi connectivity index (χ4v) is 1.51. The van der Waals surface area contributed by atoms with Gasteiger partial charge in [-0.15, -0.1) is 0 Å². The number of hydrogen-bond acceptors (Lipinski definition) is 5. The van der Waals surface area contributed by atoms with Crippen LogP contribution in [0.2, 0.25) is 0 Å². The highest BCUT2D eigenvalue weighted by Crippen LogP contribution is 2.04. The van der Waals surface area contributed by atoms with Crippen molar-refractivity contribution in [3.8, 4) is 0 Å². The van der Waals surface area contributed by atoms with Crippen molar-refractivity contribution in [2.45, 2.75) is 0 Å². The van der Waals surface area contributed by atoms with Crippen LogP contribution in [0.5, 0.6) is 0 Å². The summed E-state index contributed by atoms with van der Waals surface area (Å²) in [4.78, 5) is 13.4. The average molecular weight is 202 g/mol. The van der Waals surface area contributed by atoms with E-state index in [1.807, 2.05) is 0 Å². The Balaban J connectivity index is 2.34. The lowest BCUT2D eigenvalue weighted by Gasteiger charge is -2.28. The zero-order valence-electron chi connectivity index (χ0n) is 8.57. The standard InChI is InChI=1S/C9H18N2O3/c1-13-9(12)8(6-10)7-11-2-4-14-5-3-11/h8H,2-7,10H2,1H3. The van der Waals surface area contributed by atoms with Gasteiger partial charge in [0, 0.05) is 26.2 Å². The van der Waals surface area contributed by atoms with E-state index in [4.69, 9.17) is 10.5 Å². The Morgan fingerprint density at radius 1 is 1.57 bits per heavy atom. The van der Waals surface area contributed by atoms with Gasteiger partial charge in [-0.05, 0) is 0 Å². The smallest absolute Gasteiger partial charge is 0.311 e. The molecule has 1 aliphatic rings. The molecule has 5 heteroatoms. The number of morpholine rings is 1. The fraction of sp³-hybridized carbons (Fsp3) is 0.889. The van der Waals surface area contributed by atoms with Crippen LogP contribution in [0.25, 0.3) is 0 Å². The van der Waals surface area contributed by atoms with Crippen molar-refractivity contribution in [2.24, 2.45) is 11.7 Å². The Morgan fingerprint density at radius 3 is 2.71 bits per heavy atom. The van der Waals surface area contributed by atoms with E-state index in [-0.39, 0.29) is 11.9 Å². The molecule has 0 saturated carbocycles. The summed E-state index contributed by atoms with van der Waals surface area (Å²) in [7, 11) is 1.39. The molecule has 1 atom stereocenters. The number of esters is 1. The SMILES string of the molecule is COC(=O)C(CN)CN1CCOCC1. The van der Waals surface area contributed by atoms with E-state index in [9.17, 15) is 4.79 Å². The van der Waals surface area contributed by atoms with Crippen LogP contribution >= 0.6 is 0 Å². The number of methoxy groups -OCH3 is 1. The molecule has 1 aliphatic heterocycles. The molecule has 0 amide bonds. The summed E-state index contributed by atoms with van der Waals surface area (Å²) < 4.78 is 9.88. The van der Waals surface area contributed by atoms with E-state index in [0.717, 1.165) is 26.3 Å². The van der Waals surface area contributed by atoms with Crippen LogP contribution in [0.4, 0.5) is 0 Å². The highest BCUT2D eigenvalue weighted by molar-refractivity contribution is 5.72. The summed E-state index contributed by atoms with van der Waals surface area (Å²) in [6.45, 7) is 4.22. The number of rotatable bonds is 4. The van der Waals surface area contributed by atoms with Gasteiger partial charge in [0.2, 0.25) is 0 Å². The van der Waals surface area contributed by atoms with Crippen LogP contribution in [0.3, 0.4) is 0 Å². The van der Waals surface area contributed by atoms with Crippen LogP contribution in [0.15, 0.2) is 0 Å². The summed E-state index contributed by atoms with van der Waals surface area (Å²) in [5, 5.41) is 0. The van der Waals surface area contributed by atoms with Gasteiger partial charge in [0.05, 0.1) is 26.2 Å². The number of hydrogen-bond donors (Lipinski definition) is 1. The lowest BCUT2D eigenvalue weighted by molar-refractivity contribution is -0.146. The first-order valence-corrected chi connectivity index (χ1v) is 4.86. The Bertz CT molecular complexity index is 181. The van der Waals surface area contributed by atoms with E-state index >= 15 is 0 Å². The molecule has 82 valence electrons. The lowest BCUT2D eigenvalue weighted by atomic mass is 10.1. The number of nitrogens with zero attached hydrogens (tertiary/aromatic N) is 1. The van der Waals surface area contributed by atoms with Crippen molar-refractivity contribution < 1.29 is 14.3 Å². The minimum absolute atomic E-state index is 0.210. The lowest BCUT2D eigenvalue weighted by Crippen LogP contribution is -2.43. The molecule has 2 N–H and O–H groups in total. The van der Waals surface area contributed by atoms with E-state index in [1.165, 1.54) is 7.11 Å². The van der Waals surface area contributed by atoms with Gasteiger partial charge < -0.3 is 15.2 Å². The molecule has 0 spiro atoms. The third-order valence-electron chi connectivity index (χ3n) is 2.40. The van der Waals surface area contributed by atoms with Gasteiger partial charge in [-0.25, -0.2) is 0 Å². The Labute approximate surface area is 84.1 Å². The summed E-state index contributed by atoms with van der Waals surface area (Å²) in [6.07, 6.45) is 0. The molecular formula is C9H18N2O3. The number of carbonyl (C=O) groups excluding carboxylic acids is 1. The van der Waals surface area contributed by atoms with Gasteiger partial charge in [-0.3, -0.25) is 9.69 Å². The Morgan fingerprint density at radius 2 is 2.21 bits per heavy atom. The third-order valence-corrected chi connectivity index (χ3v) is 2.40. The van der Waals surface area contributed by atoms with E-state index in [0.29, 0.717) is 13.1 Å². The minimum Gasteiger partial charge on any atom is -0.469 e. The molecule has 5 nitrogen and oxygen atoms in total. The van der Waals surface area contributed by atoms with Gasteiger partial charge in [0.1, 0.15) is 0 Å². The second-order valence-corrected chi connectivity index (χ2v) is 3.37. The molecular weight excluding hydrogens is 184 g/mol. The predicted molar refractivity (Wildman–Crippen MR) is 51.8 cm³/mol. The van der Waals surface area contributed by atoms with Gasteiger partial charge in [-0.2, -0.15) is 0 Å². The monoisotopic (exact) mass is 202 g/mol. The van der Waals surface area contributed by atoms with Crippen molar-refractivity contribution in [2.75, 3.05) is 46.5 Å². The van der Waals surface area contributed by atoms with Gasteiger partial charge in [0.25, 0.3) is 0 Å². The van der Waals surface area contributed by atoms with E-state index in [2.05, 4.69) is 9.64 Å². The molecule has 0 radical (unpaired) electrons. The predicted octanol–water partition coefficient (Wildman–Crippen LogP) is -0.933. The van der Waals surface area contributed by atoms with E-state index < -0.39 is 0 Å². The summed E-state index contributed by atoms with van der Waals surface area (Å²) in [6, 6.07) is 0. The van der Waals surface area contributed by atoms with Crippen LogP contribution < -0.4 is 5.73 Å². The maximum atomic E-state index is 11.3. The zero-order valence-corrected chi connectivity index (χ0v) is 8.57. The first-order chi connectivity index (χ1) is 6.77. The molecule has 0 aromatic carbocycles. The average Bonchev–Trinajstić information content (AvgIpc) is 2.26. The number of ether oxygens (including phenoxy) is 2. The maximum Gasteiger partial charge on any atom is 0.311 e. The summed E-state index contributed by atoms with van der Waals surface area (Å²) in [5.41, 5.74) is 5.51. The molecule has 0 aromatic heterocycles. The van der Waals surface area contributed by atoms with Gasteiger partial charge in [-0.1, -0.05) is 0 Å². The third kappa shape index (κ3) is 3.25. The van der Waals surface area contributed by atoms with Crippen molar-refractivity contribution >= 4 is 5.97 Å². The normalized spacial score (nSPS) is 20.4. The highest BCUT2D eigenvalue weighted by atomic mass is 16.5. The second kappa shape index (κ2) is 5.95. The van der Waals surface area contributed by atoms with Crippen LogP contribution in [-0.2, 0) is 14.3 Å². The fourth-order valence-electron chi connectivity index (χ4n) is 1.51. The molecule has 1 rings (SSSR count). The second-order valence-electron chi connectivity index (χ2n) is 3.37. The van der Waals surface area contributed by atoms with Crippen molar-refractivity contribution in [1.82, 2.24) is 4.90 Å². The number of nitrogens with two attached hydrogens (primary N) is 1. The molecule has 1 fully saturated rings. The molecule has 14 heavy (non-hydrogen) atoms. The highest BCUT2D eigenvalue weighted by Gasteiger charge is 2.21. The van der Waals surface area contributed by atoms with Crippen molar-refractivity contribution in [3.05, 3.63) is 0 Å². The van der Waals surface area contributed by atoms with Crippen LogP contribution in [0, 0.1) is 5.92 Å². The molecule has 0 bridgehead atoms. The first kappa shape index (κ1) is 11.4. The quantitative estimate of drug-likeness (QED) is 0.596. The van der Waals surface area contributed by atoms with Gasteiger partial charge >= 0.3 is 5.97 Å². The maximum absolute atomic E-state index is 11.3. The van der Waals surface area contributed by atoms with Crippen LogP contribution in [0.1, 0.15) is 0 Å². The summed E-state index contributed by atoms with van der Waals surface area (Å²) in [5.74, 6) is -0.433. The van der Waals surface area contributed by atoms with Crippen LogP contribution in [-0.4, -0.2) is 57.4 Å². The molecule has 0 aliphatic carbocycles. The zero-order chi connectivity index (χ0) is 10.4. The summed E-state index contributed by atoms with van der Waals surface area (Å²) >= 11 is 0. The minimum atomic E-state index is -0.223. The molecule has 1 heterocycles. The molecule has 1 saturated heterocycles. The molecule has 0 aromatic rings. The first-order valence-electron chi connectivity index (χ1n) is 4.86. The number of carbonyl (C=O) groups is 1. The molecule has 1 unspecified atom stereocenters. The van der Waals surface area contributed by atoms with E-state index in [1.54, 1.807) is 0 Å². The Hall–Kier alpha value is -0.650. The topological polar surface area (TPSA) is 64.8 Å². The van der Waals surface area contributed by atoms with Crippen molar-refractivity contribution in [1.29, 1.82) is 0 Å².